The highest BCUT2D eigenvalue weighted by Gasteiger charge is 2.43. The zero-order valence-electron chi connectivity index (χ0n) is 11.6. The Balaban J connectivity index is 2.23. The predicted molar refractivity (Wildman–Crippen MR) is 76.6 cm³/mol. The lowest BCUT2D eigenvalue weighted by atomic mass is 10.1. The van der Waals surface area contributed by atoms with Crippen molar-refractivity contribution in [3.05, 3.63) is 27.8 Å². The van der Waals surface area contributed by atoms with E-state index in [-0.39, 0.29) is 17.0 Å². The number of nitrogens with zero attached hydrogens (tertiary/aromatic N) is 2. The molecule has 1 aromatic carbocycles. The van der Waals surface area contributed by atoms with E-state index >= 15 is 0 Å². The summed E-state index contributed by atoms with van der Waals surface area (Å²) in [6.45, 7) is 0.355. The minimum absolute atomic E-state index is 0.0192. The number of ether oxygens (including phenoxy) is 2. The molecule has 0 spiro atoms. The van der Waals surface area contributed by atoms with Gasteiger partial charge < -0.3 is 9.47 Å². The monoisotopic (exact) mass is 310 g/mol. The van der Waals surface area contributed by atoms with Crippen LogP contribution < -0.4 is 9.47 Å². The molecule has 0 saturated heterocycles. The molecule has 2 rings (SSSR count). The quantitative estimate of drug-likeness (QED) is 0.437. The van der Waals surface area contributed by atoms with Gasteiger partial charge in [0.05, 0.1) is 36.7 Å². The predicted octanol–water partition coefficient (Wildman–Crippen LogP) is 3.41. The highest BCUT2D eigenvalue weighted by atomic mass is 35.5. The van der Waals surface area contributed by atoms with Gasteiger partial charge in [0.25, 0.3) is 5.69 Å². The van der Waals surface area contributed by atoms with Gasteiger partial charge in [-0.3, -0.25) is 10.1 Å². The normalized spacial score (nSPS) is 15.1. The molecular weight excluding hydrogens is 296 g/mol. The van der Waals surface area contributed by atoms with Gasteiger partial charge in [-0.15, -0.1) is 11.6 Å². The van der Waals surface area contributed by atoms with Crippen LogP contribution in [0.15, 0.2) is 12.1 Å². The maximum atomic E-state index is 11.1. The van der Waals surface area contributed by atoms with Crippen molar-refractivity contribution in [2.24, 2.45) is 5.41 Å². The fourth-order valence-corrected chi connectivity index (χ4v) is 2.30. The first-order valence-corrected chi connectivity index (χ1v) is 7.00. The Bertz CT molecular complexity index is 593. The molecule has 1 fully saturated rings. The first-order chi connectivity index (χ1) is 10.0. The van der Waals surface area contributed by atoms with Crippen LogP contribution in [0, 0.1) is 26.9 Å². The van der Waals surface area contributed by atoms with E-state index in [1.54, 1.807) is 0 Å². The minimum Gasteiger partial charge on any atom is -0.493 e. The van der Waals surface area contributed by atoms with Gasteiger partial charge in [0.1, 0.15) is 0 Å². The number of halogens is 1. The summed E-state index contributed by atoms with van der Waals surface area (Å²) < 4.78 is 10.9. The Morgan fingerprint density at radius 1 is 1.48 bits per heavy atom. The van der Waals surface area contributed by atoms with Crippen LogP contribution in [0.5, 0.6) is 11.5 Å². The van der Waals surface area contributed by atoms with Crippen molar-refractivity contribution >= 4 is 17.3 Å². The number of rotatable bonds is 7. The van der Waals surface area contributed by atoms with Gasteiger partial charge in [0, 0.05) is 17.4 Å². The summed E-state index contributed by atoms with van der Waals surface area (Å²) in [5.74, 6) is 0.733. The second-order valence-corrected chi connectivity index (χ2v) is 5.41. The van der Waals surface area contributed by atoms with Crippen LogP contribution in [0.3, 0.4) is 0 Å². The smallest absolute Gasteiger partial charge is 0.277 e. The standard InChI is InChI=1S/C14H15ClN2O4/c1-20-12-6-10(8-15)11(17(18)19)7-13(12)21-9-14(2-3-14)4-5-16/h6-7H,2-4,8-9H2,1H3. The van der Waals surface area contributed by atoms with Gasteiger partial charge in [0.2, 0.25) is 0 Å². The Morgan fingerprint density at radius 3 is 2.67 bits per heavy atom. The Hall–Kier alpha value is -2.00. The average Bonchev–Trinajstić information content (AvgIpc) is 3.24. The van der Waals surface area contributed by atoms with Crippen molar-refractivity contribution in [1.82, 2.24) is 0 Å². The lowest BCUT2D eigenvalue weighted by molar-refractivity contribution is -0.385. The van der Waals surface area contributed by atoms with E-state index < -0.39 is 4.92 Å². The molecule has 1 aliphatic carbocycles. The molecule has 0 unspecified atom stereocenters. The van der Waals surface area contributed by atoms with E-state index in [4.69, 9.17) is 26.3 Å². The van der Waals surface area contributed by atoms with E-state index in [9.17, 15) is 10.1 Å². The van der Waals surface area contributed by atoms with Crippen LogP contribution in [0.2, 0.25) is 0 Å². The number of methoxy groups -OCH3 is 1. The molecule has 21 heavy (non-hydrogen) atoms. The van der Waals surface area contributed by atoms with Gasteiger partial charge in [-0.25, -0.2) is 0 Å². The first-order valence-electron chi connectivity index (χ1n) is 6.46. The van der Waals surface area contributed by atoms with Gasteiger partial charge in [0.15, 0.2) is 11.5 Å². The number of hydrogen-bond donors (Lipinski definition) is 0. The number of benzene rings is 1. The third-order valence-electron chi connectivity index (χ3n) is 3.65. The molecule has 0 aliphatic heterocycles. The SMILES string of the molecule is COc1cc(CCl)c([N+](=O)[O-])cc1OCC1(CC#N)CC1. The van der Waals surface area contributed by atoms with E-state index in [2.05, 4.69) is 6.07 Å². The van der Waals surface area contributed by atoms with Crippen molar-refractivity contribution in [3.8, 4) is 17.6 Å². The van der Waals surface area contributed by atoms with E-state index in [1.165, 1.54) is 19.2 Å². The summed E-state index contributed by atoms with van der Waals surface area (Å²) in [7, 11) is 1.47. The molecule has 1 aliphatic rings. The van der Waals surface area contributed by atoms with Crippen molar-refractivity contribution in [1.29, 1.82) is 5.26 Å². The third-order valence-corrected chi connectivity index (χ3v) is 3.94. The van der Waals surface area contributed by atoms with Crippen LogP contribution in [0.1, 0.15) is 24.8 Å². The highest BCUT2D eigenvalue weighted by molar-refractivity contribution is 6.17. The van der Waals surface area contributed by atoms with E-state index in [1.807, 2.05) is 0 Å². The minimum atomic E-state index is -0.494. The second kappa shape index (κ2) is 6.19. The molecule has 6 nitrogen and oxygen atoms in total. The summed E-state index contributed by atoms with van der Waals surface area (Å²) in [4.78, 5) is 10.6. The average molecular weight is 311 g/mol. The molecule has 0 bridgehead atoms. The summed E-state index contributed by atoms with van der Waals surface area (Å²) >= 11 is 5.72. The van der Waals surface area contributed by atoms with E-state index in [0.717, 1.165) is 12.8 Å². The number of nitro benzene ring substituents is 1. The van der Waals surface area contributed by atoms with Gasteiger partial charge in [-0.05, 0) is 18.9 Å². The number of hydrogen-bond acceptors (Lipinski definition) is 5. The molecule has 0 atom stereocenters. The zero-order chi connectivity index (χ0) is 15.5. The fourth-order valence-electron chi connectivity index (χ4n) is 2.09. The lowest BCUT2D eigenvalue weighted by Crippen LogP contribution is -2.13. The summed E-state index contributed by atoms with van der Waals surface area (Å²) in [6.07, 6.45) is 2.30. The second-order valence-electron chi connectivity index (χ2n) is 5.15. The molecule has 0 N–H and O–H groups in total. The molecule has 112 valence electrons. The number of nitriles is 1. The van der Waals surface area contributed by atoms with Crippen molar-refractivity contribution in [2.75, 3.05) is 13.7 Å². The van der Waals surface area contributed by atoms with Gasteiger partial charge >= 0.3 is 0 Å². The van der Waals surface area contributed by atoms with Crippen LogP contribution in [-0.4, -0.2) is 18.6 Å². The van der Waals surface area contributed by atoms with Crippen LogP contribution >= 0.6 is 11.6 Å². The zero-order valence-corrected chi connectivity index (χ0v) is 12.4. The molecular formula is C14H15ClN2O4. The summed E-state index contributed by atoms with van der Waals surface area (Å²) in [5, 5.41) is 19.8. The Morgan fingerprint density at radius 2 is 2.19 bits per heavy atom. The maximum Gasteiger partial charge on any atom is 0.277 e. The lowest BCUT2D eigenvalue weighted by Gasteiger charge is -2.15. The number of alkyl halides is 1. The molecule has 0 amide bonds. The number of nitro groups is 1. The van der Waals surface area contributed by atoms with E-state index in [0.29, 0.717) is 30.1 Å². The van der Waals surface area contributed by atoms with Crippen LogP contribution in [0.4, 0.5) is 5.69 Å². The maximum absolute atomic E-state index is 11.1. The molecule has 0 aromatic heterocycles. The topological polar surface area (TPSA) is 85.4 Å². The van der Waals surface area contributed by atoms with Crippen LogP contribution in [-0.2, 0) is 5.88 Å². The Labute approximate surface area is 127 Å². The molecule has 0 radical (unpaired) electrons. The molecule has 0 heterocycles. The Kier molecular flexibility index (Phi) is 4.53. The first kappa shape index (κ1) is 15.4. The van der Waals surface area contributed by atoms with Crippen molar-refractivity contribution < 1.29 is 14.4 Å². The molecule has 1 aromatic rings. The summed E-state index contributed by atoms with van der Waals surface area (Å²) in [5.41, 5.74) is 0.176. The van der Waals surface area contributed by atoms with Gasteiger partial charge in [-0.1, -0.05) is 0 Å². The fraction of sp³-hybridized carbons (Fsp3) is 0.500. The molecule has 1 saturated carbocycles. The van der Waals surface area contributed by atoms with Gasteiger partial charge in [-0.2, -0.15) is 5.26 Å². The van der Waals surface area contributed by atoms with Crippen LogP contribution in [0.25, 0.3) is 0 Å². The third kappa shape index (κ3) is 3.37. The molecule has 7 heteroatoms. The van der Waals surface area contributed by atoms with Crippen molar-refractivity contribution in [3.63, 3.8) is 0 Å². The summed E-state index contributed by atoms with van der Waals surface area (Å²) in [6, 6.07) is 5.00. The van der Waals surface area contributed by atoms with Crippen molar-refractivity contribution in [2.45, 2.75) is 25.1 Å². The highest BCUT2D eigenvalue weighted by Crippen LogP contribution is 2.49. The largest absolute Gasteiger partial charge is 0.493 e.